The van der Waals surface area contributed by atoms with Crippen molar-refractivity contribution in [3.63, 3.8) is 0 Å². The number of nitrogens with two attached hydrogens (primary N) is 1. The molecule has 0 spiro atoms. The summed E-state index contributed by atoms with van der Waals surface area (Å²) in [4.78, 5) is 11.1. The third-order valence-electron chi connectivity index (χ3n) is 3.01. The van der Waals surface area contributed by atoms with E-state index in [9.17, 15) is 13.2 Å². The highest BCUT2D eigenvalue weighted by Crippen LogP contribution is 2.33. The Bertz CT molecular complexity index is 610. The molecular weight excluding hydrogens is 302 g/mol. The summed E-state index contributed by atoms with van der Waals surface area (Å²) >= 11 is 1.000. The molecule has 20 heavy (non-hydrogen) atoms. The Hall–Kier alpha value is -1.39. The van der Waals surface area contributed by atoms with Gasteiger partial charge in [0.25, 0.3) is 0 Å². The van der Waals surface area contributed by atoms with Crippen LogP contribution in [0.2, 0.25) is 0 Å². The van der Waals surface area contributed by atoms with Crippen LogP contribution in [0.5, 0.6) is 0 Å². The van der Waals surface area contributed by atoms with E-state index in [4.69, 9.17) is 5.73 Å². The number of anilines is 2. The third-order valence-corrected chi connectivity index (χ3v) is 5.85. The van der Waals surface area contributed by atoms with Crippen molar-refractivity contribution in [2.45, 2.75) is 23.8 Å². The van der Waals surface area contributed by atoms with Gasteiger partial charge in [-0.25, -0.2) is 12.7 Å². The Balaban J connectivity index is 2.15. The molecule has 2 rings (SSSR count). The molecule has 1 aromatic rings. The fraction of sp³-hybridized carbons (Fsp3) is 0.600. The third kappa shape index (κ3) is 2.86. The van der Waals surface area contributed by atoms with E-state index in [1.165, 1.54) is 14.1 Å². The largest absolute Gasteiger partial charge is 0.382 e. The van der Waals surface area contributed by atoms with Crippen molar-refractivity contribution < 1.29 is 13.2 Å². The van der Waals surface area contributed by atoms with Gasteiger partial charge < -0.3 is 16.4 Å². The predicted molar refractivity (Wildman–Crippen MR) is 77.1 cm³/mol. The first kappa shape index (κ1) is 15.0. The van der Waals surface area contributed by atoms with Crippen molar-refractivity contribution in [2.75, 3.05) is 31.7 Å². The first-order valence-electron chi connectivity index (χ1n) is 6.03. The molecule has 2 heterocycles. The molecule has 112 valence electrons. The van der Waals surface area contributed by atoms with Crippen LogP contribution < -0.4 is 16.4 Å². The van der Waals surface area contributed by atoms with Gasteiger partial charge in [-0.1, -0.05) is 0 Å². The van der Waals surface area contributed by atoms with Gasteiger partial charge in [0.2, 0.25) is 15.9 Å². The highest BCUT2D eigenvalue weighted by atomic mass is 32.2. The Morgan fingerprint density at radius 3 is 2.80 bits per heavy atom. The second-order valence-electron chi connectivity index (χ2n) is 4.70. The SMILES string of the molecule is CN(C)S(=O)(=O)c1c(N)nsc1NCC1CCC(=O)N1. The molecule has 0 bridgehead atoms. The quantitative estimate of drug-likeness (QED) is 0.684. The minimum atomic E-state index is -3.64. The lowest BCUT2D eigenvalue weighted by Gasteiger charge is -2.14. The summed E-state index contributed by atoms with van der Waals surface area (Å²) in [7, 11) is -0.769. The summed E-state index contributed by atoms with van der Waals surface area (Å²) < 4.78 is 29.4. The smallest absolute Gasteiger partial charge is 0.249 e. The maximum atomic E-state index is 12.2. The molecule has 1 aliphatic rings. The molecule has 1 amide bonds. The number of carbonyl (C=O) groups excluding carboxylic acids is 1. The topological polar surface area (TPSA) is 117 Å². The lowest BCUT2D eigenvalue weighted by molar-refractivity contribution is -0.119. The molecule has 4 N–H and O–H groups in total. The molecule has 1 fully saturated rings. The van der Waals surface area contributed by atoms with Gasteiger partial charge in [-0.3, -0.25) is 4.79 Å². The standard InChI is InChI=1S/C10H17N5O3S2/c1-15(2)20(17,18)8-9(11)14-19-10(8)12-5-6-3-4-7(16)13-6/h6,12H,3-5H2,1-2H3,(H2,11,14)(H,13,16). The zero-order valence-electron chi connectivity index (χ0n) is 11.2. The molecule has 1 aromatic heterocycles. The Morgan fingerprint density at radius 2 is 2.25 bits per heavy atom. The minimum Gasteiger partial charge on any atom is -0.382 e. The molecule has 0 saturated carbocycles. The van der Waals surface area contributed by atoms with Crippen LogP contribution in [0.3, 0.4) is 0 Å². The van der Waals surface area contributed by atoms with Crippen molar-refractivity contribution >= 4 is 38.3 Å². The second kappa shape index (κ2) is 5.54. The summed E-state index contributed by atoms with van der Waals surface area (Å²) in [6, 6.07) is 0.000680. The molecule has 1 saturated heterocycles. The molecule has 8 nitrogen and oxygen atoms in total. The van der Waals surface area contributed by atoms with Crippen LogP contribution in [0, 0.1) is 0 Å². The van der Waals surface area contributed by atoms with E-state index in [-0.39, 0.29) is 22.7 Å². The van der Waals surface area contributed by atoms with Gasteiger partial charge in [0.05, 0.1) is 0 Å². The van der Waals surface area contributed by atoms with Gasteiger partial charge in [0.15, 0.2) is 10.7 Å². The van der Waals surface area contributed by atoms with E-state index in [0.717, 1.165) is 22.3 Å². The van der Waals surface area contributed by atoms with Crippen LogP contribution in [0.4, 0.5) is 10.8 Å². The fourth-order valence-corrected chi connectivity index (χ4v) is 3.97. The van der Waals surface area contributed by atoms with Crippen LogP contribution in [0.15, 0.2) is 4.90 Å². The predicted octanol–water partition coefficient (Wildman–Crippen LogP) is -0.334. The number of amides is 1. The van der Waals surface area contributed by atoms with E-state index < -0.39 is 10.0 Å². The van der Waals surface area contributed by atoms with Crippen molar-refractivity contribution in [3.05, 3.63) is 0 Å². The van der Waals surface area contributed by atoms with Crippen LogP contribution in [0.25, 0.3) is 0 Å². The fourth-order valence-electron chi connectivity index (χ4n) is 1.88. The molecule has 0 aliphatic carbocycles. The highest BCUT2D eigenvalue weighted by Gasteiger charge is 2.28. The van der Waals surface area contributed by atoms with Crippen molar-refractivity contribution in [2.24, 2.45) is 0 Å². The zero-order chi connectivity index (χ0) is 14.9. The lowest BCUT2D eigenvalue weighted by Crippen LogP contribution is -2.32. The van der Waals surface area contributed by atoms with Crippen LogP contribution in [0.1, 0.15) is 12.8 Å². The average molecular weight is 319 g/mol. The lowest BCUT2D eigenvalue weighted by atomic mass is 10.2. The van der Waals surface area contributed by atoms with Gasteiger partial charge in [-0.15, -0.1) is 0 Å². The number of rotatable bonds is 5. The van der Waals surface area contributed by atoms with Gasteiger partial charge in [-0.2, -0.15) is 4.37 Å². The number of hydrogen-bond donors (Lipinski definition) is 3. The van der Waals surface area contributed by atoms with Gasteiger partial charge in [-0.05, 0) is 18.0 Å². The summed E-state index contributed by atoms with van der Waals surface area (Å²) in [5.74, 6) is 0.00316. The zero-order valence-corrected chi connectivity index (χ0v) is 12.8. The van der Waals surface area contributed by atoms with Crippen molar-refractivity contribution in [1.29, 1.82) is 0 Å². The van der Waals surface area contributed by atoms with E-state index in [2.05, 4.69) is 15.0 Å². The maximum absolute atomic E-state index is 12.2. The molecule has 0 radical (unpaired) electrons. The molecule has 1 aliphatic heterocycles. The summed E-state index contributed by atoms with van der Waals surface area (Å²) in [5, 5.41) is 6.22. The van der Waals surface area contributed by atoms with Gasteiger partial charge in [0, 0.05) is 33.1 Å². The summed E-state index contributed by atoms with van der Waals surface area (Å²) in [5.41, 5.74) is 5.65. The number of hydrogen-bond acceptors (Lipinski definition) is 7. The molecular formula is C10H17N5O3S2. The average Bonchev–Trinajstić information content (AvgIpc) is 2.93. The molecule has 0 aromatic carbocycles. The van der Waals surface area contributed by atoms with Crippen molar-refractivity contribution in [1.82, 2.24) is 14.0 Å². The number of nitrogens with zero attached hydrogens (tertiary/aromatic N) is 2. The molecule has 1 atom stereocenters. The minimum absolute atomic E-state index is 0.000680. The Kier molecular flexibility index (Phi) is 4.16. The normalized spacial score (nSPS) is 19.4. The second-order valence-corrected chi connectivity index (χ2v) is 7.56. The van der Waals surface area contributed by atoms with E-state index in [0.29, 0.717) is 18.0 Å². The monoisotopic (exact) mass is 319 g/mol. The van der Waals surface area contributed by atoms with E-state index >= 15 is 0 Å². The summed E-state index contributed by atoms with van der Waals surface area (Å²) in [6.07, 6.45) is 1.23. The number of aromatic nitrogens is 1. The number of nitrogen functional groups attached to an aromatic ring is 1. The van der Waals surface area contributed by atoms with Crippen LogP contribution in [-0.4, -0.2) is 49.7 Å². The first-order valence-corrected chi connectivity index (χ1v) is 8.24. The molecule has 1 unspecified atom stereocenters. The number of carbonyl (C=O) groups is 1. The highest BCUT2D eigenvalue weighted by molar-refractivity contribution is 7.89. The van der Waals surface area contributed by atoms with Gasteiger partial charge >= 0.3 is 0 Å². The van der Waals surface area contributed by atoms with Crippen LogP contribution in [-0.2, 0) is 14.8 Å². The number of nitrogens with one attached hydrogen (secondary N) is 2. The van der Waals surface area contributed by atoms with E-state index in [1.807, 2.05) is 0 Å². The van der Waals surface area contributed by atoms with Crippen LogP contribution >= 0.6 is 11.5 Å². The molecule has 10 heteroatoms. The van der Waals surface area contributed by atoms with E-state index in [1.54, 1.807) is 0 Å². The Labute approximate surface area is 121 Å². The summed E-state index contributed by atoms with van der Waals surface area (Å²) in [6.45, 7) is 0.448. The maximum Gasteiger partial charge on any atom is 0.249 e. The van der Waals surface area contributed by atoms with Crippen molar-refractivity contribution in [3.8, 4) is 0 Å². The van der Waals surface area contributed by atoms with Gasteiger partial charge in [0.1, 0.15) is 5.00 Å². The number of sulfonamides is 1. The first-order chi connectivity index (χ1) is 9.32. The Morgan fingerprint density at radius 1 is 1.55 bits per heavy atom.